The summed E-state index contributed by atoms with van der Waals surface area (Å²) in [4.78, 5) is 12.1. The molecule has 0 aliphatic rings. The van der Waals surface area contributed by atoms with Crippen LogP contribution < -0.4 is 10.6 Å². The van der Waals surface area contributed by atoms with Gasteiger partial charge in [0.15, 0.2) is 0 Å². The third-order valence-corrected chi connectivity index (χ3v) is 3.24. The average molecular weight is 297 g/mol. The Bertz CT molecular complexity index is 695. The lowest BCUT2D eigenvalue weighted by Crippen LogP contribution is -2.32. The maximum Gasteiger partial charge on any atom is 0.319 e. The zero-order valence-corrected chi connectivity index (χ0v) is 12.1. The van der Waals surface area contributed by atoms with Gasteiger partial charge in [-0.2, -0.15) is 5.26 Å². The van der Waals surface area contributed by atoms with E-state index in [9.17, 15) is 9.18 Å². The highest BCUT2D eigenvalue weighted by atomic mass is 19.1. The van der Waals surface area contributed by atoms with Crippen molar-refractivity contribution in [1.82, 2.24) is 5.32 Å². The van der Waals surface area contributed by atoms with Crippen LogP contribution in [0.5, 0.6) is 0 Å². The number of rotatable bonds is 4. The molecule has 1 atom stereocenters. The van der Waals surface area contributed by atoms with Crippen LogP contribution in [0.4, 0.5) is 14.9 Å². The lowest BCUT2D eigenvalue weighted by atomic mass is 10.0. The minimum absolute atomic E-state index is 0.167. The van der Waals surface area contributed by atoms with E-state index >= 15 is 0 Å². The second kappa shape index (κ2) is 7.23. The van der Waals surface area contributed by atoms with Gasteiger partial charge in [-0.1, -0.05) is 30.3 Å². The third-order valence-electron chi connectivity index (χ3n) is 3.24. The van der Waals surface area contributed by atoms with E-state index in [1.807, 2.05) is 30.3 Å². The molecule has 0 aliphatic carbocycles. The van der Waals surface area contributed by atoms with Gasteiger partial charge >= 0.3 is 6.03 Å². The highest BCUT2D eigenvalue weighted by Gasteiger charge is 2.14. The third kappa shape index (κ3) is 4.06. The molecule has 0 saturated carbocycles. The average Bonchev–Trinajstić information content (AvgIpc) is 2.50. The monoisotopic (exact) mass is 297 g/mol. The number of carbonyl (C=O) groups is 1. The quantitative estimate of drug-likeness (QED) is 0.898. The first-order valence-corrected chi connectivity index (χ1v) is 6.85. The molecule has 0 fully saturated rings. The largest absolute Gasteiger partial charge is 0.330 e. The van der Waals surface area contributed by atoms with Crippen molar-refractivity contribution in [3.63, 3.8) is 0 Å². The summed E-state index contributed by atoms with van der Waals surface area (Å²) in [6, 6.07) is 14.6. The summed E-state index contributed by atoms with van der Waals surface area (Å²) in [5.74, 6) is -0.352. The Morgan fingerprint density at radius 1 is 1.27 bits per heavy atom. The summed E-state index contributed by atoms with van der Waals surface area (Å²) >= 11 is 0. The number of nitrogens with one attached hydrogen (secondary N) is 2. The Balaban J connectivity index is 2.07. The second-order valence-corrected chi connectivity index (χ2v) is 4.88. The SMILES string of the molecule is Cc1cc(F)ccc1NC(=O)NC(CC#N)c1ccccc1. The van der Waals surface area contributed by atoms with Gasteiger partial charge in [0, 0.05) is 5.69 Å². The number of aryl methyl sites for hydroxylation is 1. The predicted octanol–water partition coefficient (Wildman–Crippen LogP) is 3.91. The summed E-state index contributed by atoms with van der Waals surface area (Å²) in [6.07, 6.45) is 0.167. The minimum Gasteiger partial charge on any atom is -0.330 e. The van der Waals surface area contributed by atoms with E-state index in [4.69, 9.17) is 5.26 Å². The number of halogens is 1. The van der Waals surface area contributed by atoms with Gasteiger partial charge in [0.1, 0.15) is 5.82 Å². The molecule has 2 N–H and O–H groups in total. The fraction of sp³-hybridized carbons (Fsp3) is 0.176. The topological polar surface area (TPSA) is 64.9 Å². The van der Waals surface area contributed by atoms with Crippen molar-refractivity contribution < 1.29 is 9.18 Å². The number of amides is 2. The molecule has 0 bridgehead atoms. The summed E-state index contributed by atoms with van der Waals surface area (Å²) in [6.45, 7) is 1.71. The lowest BCUT2D eigenvalue weighted by Gasteiger charge is -2.17. The molecule has 4 nitrogen and oxygen atoms in total. The van der Waals surface area contributed by atoms with E-state index in [2.05, 4.69) is 16.7 Å². The van der Waals surface area contributed by atoms with Gasteiger partial charge < -0.3 is 10.6 Å². The van der Waals surface area contributed by atoms with Gasteiger partial charge in [-0.05, 0) is 36.2 Å². The first kappa shape index (κ1) is 15.5. The lowest BCUT2D eigenvalue weighted by molar-refractivity contribution is 0.248. The molecule has 0 heterocycles. The van der Waals surface area contributed by atoms with Crippen molar-refractivity contribution in [2.75, 3.05) is 5.32 Å². The van der Waals surface area contributed by atoms with Crippen molar-refractivity contribution in [3.05, 3.63) is 65.5 Å². The van der Waals surface area contributed by atoms with Crippen LogP contribution in [0.25, 0.3) is 0 Å². The van der Waals surface area contributed by atoms with Gasteiger partial charge in [0.2, 0.25) is 0 Å². The molecule has 0 saturated heterocycles. The standard InChI is InChI=1S/C17H16FN3O/c1-12-11-14(18)7-8-15(12)20-17(22)21-16(9-10-19)13-5-3-2-4-6-13/h2-8,11,16H,9H2,1H3,(H2,20,21,22). The molecular weight excluding hydrogens is 281 g/mol. The van der Waals surface area contributed by atoms with Gasteiger partial charge in [-0.25, -0.2) is 9.18 Å². The van der Waals surface area contributed by atoms with Crippen LogP contribution in [0.15, 0.2) is 48.5 Å². The molecule has 1 unspecified atom stereocenters. The number of nitrogens with zero attached hydrogens (tertiary/aromatic N) is 1. The van der Waals surface area contributed by atoms with Crippen molar-refractivity contribution >= 4 is 11.7 Å². The molecule has 112 valence electrons. The smallest absolute Gasteiger partial charge is 0.319 e. The maximum atomic E-state index is 13.1. The zero-order chi connectivity index (χ0) is 15.9. The molecular formula is C17H16FN3O. The number of hydrogen-bond donors (Lipinski definition) is 2. The fourth-order valence-corrected chi connectivity index (χ4v) is 2.11. The Morgan fingerprint density at radius 3 is 2.64 bits per heavy atom. The van der Waals surface area contributed by atoms with Crippen LogP contribution in [0.3, 0.4) is 0 Å². The predicted molar refractivity (Wildman–Crippen MR) is 82.7 cm³/mol. The summed E-state index contributed by atoms with van der Waals surface area (Å²) in [5, 5.41) is 14.3. The number of urea groups is 1. The van der Waals surface area contributed by atoms with Crippen LogP contribution in [-0.2, 0) is 0 Å². The molecule has 2 amide bonds. The fourth-order valence-electron chi connectivity index (χ4n) is 2.11. The van der Waals surface area contributed by atoms with Crippen LogP contribution in [-0.4, -0.2) is 6.03 Å². The Labute approximate surface area is 128 Å². The molecule has 22 heavy (non-hydrogen) atoms. The highest BCUT2D eigenvalue weighted by molar-refractivity contribution is 5.90. The van der Waals surface area contributed by atoms with E-state index in [1.165, 1.54) is 18.2 Å². The molecule has 2 rings (SSSR count). The van der Waals surface area contributed by atoms with Crippen molar-refractivity contribution in [2.24, 2.45) is 0 Å². The van der Waals surface area contributed by atoms with E-state index in [0.29, 0.717) is 11.3 Å². The van der Waals surface area contributed by atoms with Gasteiger partial charge in [-0.15, -0.1) is 0 Å². The summed E-state index contributed by atoms with van der Waals surface area (Å²) in [7, 11) is 0. The first-order chi connectivity index (χ1) is 10.6. The highest BCUT2D eigenvalue weighted by Crippen LogP contribution is 2.18. The van der Waals surface area contributed by atoms with Crippen LogP contribution in [0.1, 0.15) is 23.6 Å². The van der Waals surface area contributed by atoms with Gasteiger partial charge in [-0.3, -0.25) is 0 Å². The Hall–Kier alpha value is -2.87. The minimum atomic E-state index is -0.432. The van der Waals surface area contributed by atoms with Gasteiger partial charge in [0.05, 0.1) is 18.5 Å². The normalized spacial score (nSPS) is 11.3. The van der Waals surface area contributed by atoms with Crippen molar-refractivity contribution in [1.29, 1.82) is 5.26 Å². The molecule has 0 radical (unpaired) electrons. The maximum absolute atomic E-state index is 13.1. The van der Waals surface area contributed by atoms with E-state index in [-0.39, 0.29) is 12.2 Å². The first-order valence-electron chi connectivity index (χ1n) is 6.85. The number of hydrogen-bond acceptors (Lipinski definition) is 2. The van der Waals surface area contributed by atoms with E-state index < -0.39 is 12.1 Å². The molecule has 5 heteroatoms. The van der Waals surface area contributed by atoms with E-state index in [0.717, 1.165) is 5.56 Å². The number of benzene rings is 2. The molecule has 0 aromatic heterocycles. The summed E-state index contributed by atoms with van der Waals surface area (Å²) < 4.78 is 13.1. The number of nitriles is 1. The molecule has 2 aromatic rings. The van der Waals surface area contributed by atoms with Crippen LogP contribution in [0, 0.1) is 24.1 Å². The van der Waals surface area contributed by atoms with Crippen LogP contribution in [0.2, 0.25) is 0 Å². The van der Waals surface area contributed by atoms with Crippen molar-refractivity contribution in [2.45, 2.75) is 19.4 Å². The molecule has 2 aromatic carbocycles. The second-order valence-electron chi connectivity index (χ2n) is 4.88. The van der Waals surface area contributed by atoms with Crippen molar-refractivity contribution in [3.8, 4) is 6.07 Å². The van der Waals surface area contributed by atoms with Crippen LogP contribution >= 0.6 is 0 Å². The molecule has 0 aliphatic heterocycles. The molecule has 0 spiro atoms. The summed E-state index contributed by atoms with van der Waals surface area (Å²) in [5.41, 5.74) is 2.02. The number of carbonyl (C=O) groups excluding carboxylic acids is 1. The van der Waals surface area contributed by atoms with Gasteiger partial charge in [0.25, 0.3) is 0 Å². The zero-order valence-electron chi connectivity index (χ0n) is 12.1. The Kier molecular flexibility index (Phi) is 5.10. The number of anilines is 1. The Morgan fingerprint density at radius 2 is 2.00 bits per heavy atom. The van der Waals surface area contributed by atoms with E-state index in [1.54, 1.807) is 6.92 Å².